The van der Waals surface area contributed by atoms with Crippen LogP contribution in [-0.4, -0.2) is 18.5 Å². The predicted octanol–water partition coefficient (Wildman–Crippen LogP) is 3.80. The van der Waals surface area contributed by atoms with Crippen molar-refractivity contribution >= 4 is 23.3 Å². The fraction of sp³-hybridized carbons (Fsp3) is 0.143. The summed E-state index contributed by atoms with van der Waals surface area (Å²) in [4.78, 5) is 26.4. The first-order valence-corrected chi connectivity index (χ1v) is 8.78. The third kappa shape index (κ3) is 3.69. The molecule has 2 aromatic carbocycles. The topological polar surface area (TPSA) is 74.6 Å². The Balaban J connectivity index is 1.44. The highest BCUT2D eigenvalue weighted by Crippen LogP contribution is 2.32. The van der Waals surface area contributed by atoms with Crippen molar-refractivity contribution in [1.29, 1.82) is 0 Å². The minimum Gasteiger partial charge on any atom is -0.459 e. The number of carbonyl (C=O) groups is 2. The van der Waals surface area contributed by atoms with E-state index < -0.39 is 0 Å². The van der Waals surface area contributed by atoms with Crippen LogP contribution in [0.5, 0.6) is 0 Å². The number of amides is 3. The zero-order chi connectivity index (χ0) is 18.6. The van der Waals surface area contributed by atoms with Crippen molar-refractivity contribution in [3.05, 3.63) is 83.8 Å². The Morgan fingerprint density at radius 3 is 2.67 bits per heavy atom. The van der Waals surface area contributed by atoms with E-state index in [1.54, 1.807) is 17.0 Å². The standard InChI is InChI=1S/C21H19N3O3/c25-20(19-7-4-12-27-19)24-11-10-16-8-9-17(13-18(16)24)23-21(26)22-14-15-5-2-1-3-6-15/h1-9,12-13H,10-11,14H2,(H2,22,23,26). The first-order chi connectivity index (χ1) is 13.2. The largest absolute Gasteiger partial charge is 0.459 e. The van der Waals surface area contributed by atoms with Gasteiger partial charge in [0.15, 0.2) is 5.76 Å². The van der Waals surface area contributed by atoms with Crippen LogP contribution in [-0.2, 0) is 13.0 Å². The van der Waals surface area contributed by atoms with Crippen LogP contribution in [0.4, 0.5) is 16.2 Å². The van der Waals surface area contributed by atoms with Crippen molar-refractivity contribution in [3.63, 3.8) is 0 Å². The summed E-state index contributed by atoms with van der Waals surface area (Å²) in [7, 11) is 0. The Hall–Kier alpha value is -3.54. The van der Waals surface area contributed by atoms with E-state index in [0.717, 1.165) is 23.2 Å². The molecule has 0 spiro atoms. The molecule has 1 aliphatic rings. The van der Waals surface area contributed by atoms with Crippen LogP contribution in [0.25, 0.3) is 0 Å². The Labute approximate surface area is 156 Å². The smallest absolute Gasteiger partial charge is 0.319 e. The van der Waals surface area contributed by atoms with Crippen molar-refractivity contribution < 1.29 is 14.0 Å². The second-order valence-electron chi connectivity index (χ2n) is 6.32. The first-order valence-electron chi connectivity index (χ1n) is 8.78. The van der Waals surface area contributed by atoms with Gasteiger partial charge in [0.1, 0.15) is 0 Å². The zero-order valence-corrected chi connectivity index (χ0v) is 14.6. The van der Waals surface area contributed by atoms with Gasteiger partial charge in [-0.25, -0.2) is 4.79 Å². The minimum atomic E-state index is -0.291. The highest BCUT2D eigenvalue weighted by atomic mass is 16.3. The molecule has 0 unspecified atom stereocenters. The summed E-state index contributed by atoms with van der Waals surface area (Å²) < 4.78 is 5.22. The molecule has 2 N–H and O–H groups in total. The lowest BCUT2D eigenvalue weighted by atomic mass is 10.1. The molecule has 1 aliphatic heterocycles. The molecule has 2 heterocycles. The fourth-order valence-corrected chi connectivity index (χ4v) is 3.15. The van der Waals surface area contributed by atoms with Gasteiger partial charge in [0.2, 0.25) is 0 Å². The molecule has 3 amide bonds. The molecular formula is C21H19N3O3. The minimum absolute atomic E-state index is 0.176. The zero-order valence-electron chi connectivity index (χ0n) is 14.6. The number of benzene rings is 2. The van der Waals surface area contributed by atoms with Crippen molar-refractivity contribution in [2.45, 2.75) is 13.0 Å². The molecule has 0 saturated carbocycles. The molecule has 136 valence electrons. The maximum Gasteiger partial charge on any atom is 0.319 e. The van der Waals surface area contributed by atoms with E-state index in [9.17, 15) is 9.59 Å². The number of fused-ring (bicyclic) bond motifs is 1. The number of hydrogen-bond donors (Lipinski definition) is 2. The van der Waals surface area contributed by atoms with Crippen LogP contribution in [0.15, 0.2) is 71.3 Å². The SMILES string of the molecule is O=C(NCc1ccccc1)Nc1ccc2c(c1)N(C(=O)c1ccco1)CC2. The number of urea groups is 1. The third-order valence-corrected chi connectivity index (χ3v) is 4.51. The second kappa shape index (κ2) is 7.37. The number of rotatable bonds is 4. The second-order valence-corrected chi connectivity index (χ2v) is 6.32. The Morgan fingerprint density at radius 1 is 1.04 bits per heavy atom. The summed E-state index contributed by atoms with van der Waals surface area (Å²) in [5, 5.41) is 5.65. The van der Waals surface area contributed by atoms with Gasteiger partial charge in [-0.15, -0.1) is 0 Å². The number of nitrogens with one attached hydrogen (secondary N) is 2. The van der Waals surface area contributed by atoms with Crippen LogP contribution in [0.1, 0.15) is 21.7 Å². The van der Waals surface area contributed by atoms with Gasteiger partial charge < -0.3 is 20.0 Å². The summed E-state index contributed by atoms with van der Waals surface area (Å²) >= 11 is 0. The van der Waals surface area contributed by atoms with Crippen LogP contribution in [0.2, 0.25) is 0 Å². The molecule has 0 atom stereocenters. The highest BCUT2D eigenvalue weighted by Gasteiger charge is 2.27. The van der Waals surface area contributed by atoms with E-state index in [1.165, 1.54) is 6.26 Å². The van der Waals surface area contributed by atoms with E-state index in [0.29, 0.717) is 24.5 Å². The van der Waals surface area contributed by atoms with E-state index in [2.05, 4.69) is 10.6 Å². The van der Waals surface area contributed by atoms with Crippen molar-refractivity contribution in [2.75, 3.05) is 16.8 Å². The predicted molar refractivity (Wildman–Crippen MR) is 103 cm³/mol. The van der Waals surface area contributed by atoms with Gasteiger partial charge in [0.05, 0.1) is 6.26 Å². The van der Waals surface area contributed by atoms with E-state index in [1.807, 2.05) is 48.5 Å². The molecule has 0 fully saturated rings. The molecule has 6 nitrogen and oxygen atoms in total. The number of carbonyl (C=O) groups excluding carboxylic acids is 2. The van der Waals surface area contributed by atoms with Gasteiger partial charge in [0, 0.05) is 24.5 Å². The van der Waals surface area contributed by atoms with Crippen molar-refractivity contribution in [3.8, 4) is 0 Å². The molecule has 0 saturated heterocycles. The number of hydrogen-bond acceptors (Lipinski definition) is 3. The van der Waals surface area contributed by atoms with Crippen LogP contribution < -0.4 is 15.5 Å². The lowest BCUT2D eigenvalue weighted by molar-refractivity contribution is 0.0963. The van der Waals surface area contributed by atoms with Crippen molar-refractivity contribution in [1.82, 2.24) is 5.32 Å². The summed E-state index contributed by atoms with van der Waals surface area (Å²) in [6, 6.07) is 18.4. The Morgan fingerprint density at radius 2 is 1.89 bits per heavy atom. The molecule has 27 heavy (non-hydrogen) atoms. The van der Waals surface area contributed by atoms with Crippen LogP contribution >= 0.6 is 0 Å². The van der Waals surface area contributed by atoms with Gasteiger partial charge in [-0.2, -0.15) is 0 Å². The Bertz CT molecular complexity index is 952. The molecule has 1 aromatic heterocycles. The molecule has 0 radical (unpaired) electrons. The maximum absolute atomic E-state index is 12.6. The summed E-state index contributed by atoms with van der Waals surface area (Å²) in [6.45, 7) is 1.04. The molecule has 0 bridgehead atoms. The first kappa shape index (κ1) is 16.9. The van der Waals surface area contributed by atoms with E-state index in [-0.39, 0.29) is 11.9 Å². The van der Waals surface area contributed by atoms with E-state index in [4.69, 9.17) is 4.42 Å². The van der Waals surface area contributed by atoms with Crippen LogP contribution in [0.3, 0.4) is 0 Å². The average Bonchev–Trinajstić information content (AvgIpc) is 3.36. The van der Waals surface area contributed by atoms with Crippen molar-refractivity contribution in [2.24, 2.45) is 0 Å². The lowest BCUT2D eigenvalue weighted by Crippen LogP contribution is -2.29. The summed E-state index contributed by atoms with van der Waals surface area (Å²) in [6.07, 6.45) is 2.27. The number of anilines is 2. The number of furan rings is 1. The average molecular weight is 361 g/mol. The fourth-order valence-electron chi connectivity index (χ4n) is 3.15. The van der Waals surface area contributed by atoms with Gasteiger partial charge in [-0.05, 0) is 41.8 Å². The lowest BCUT2D eigenvalue weighted by Gasteiger charge is -2.17. The molecule has 6 heteroatoms. The van der Waals surface area contributed by atoms with Gasteiger partial charge in [-0.3, -0.25) is 4.79 Å². The molecule has 3 aromatic rings. The monoisotopic (exact) mass is 361 g/mol. The quantitative estimate of drug-likeness (QED) is 0.742. The summed E-state index contributed by atoms with van der Waals surface area (Å²) in [5.41, 5.74) is 3.54. The van der Waals surface area contributed by atoms with Gasteiger partial charge in [-0.1, -0.05) is 36.4 Å². The third-order valence-electron chi connectivity index (χ3n) is 4.51. The van der Waals surface area contributed by atoms with Crippen LogP contribution in [0, 0.1) is 0 Å². The Kier molecular flexibility index (Phi) is 4.61. The molecule has 0 aliphatic carbocycles. The highest BCUT2D eigenvalue weighted by molar-refractivity contribution is 6.06. The summed E-state index contributed by atoms with van der Waals surface area (Å²) in [5.74, 6) is 0.131. The maximum atomic E-state index is 12.6. The normalized spacial score (nSPS) is 12.5. The molecule has 4 rings (SSSR count). The van der Waals surface area contributed by atoms with Gasteiger partial charge >= 0.3 is 6.03 Å². The number of nitrogens with zero attached hydrogens (tertiary/aromatic N) is 1. The van der Waals surface area contributed by atoms with Gasteiger partial charge in [0.25, 0.3) is 5.91 Å². The van der Waals surface area contributed by atoms with E-state index >= 15 is 0 Å². The molecular weight excluding hydrogens is 342 g/mol.